The van der Waals surface area contributed by atoms with Crippen LogP contribution in [-0.4, -0.2) is 39.9 Å². The Morgan fingerprint density at radius 1 is 1.16 bits per heavy atom. The van der Waals surface area contributed by atoms with Crippen LogP contribution in [0.25, 0.3) is 10.9 Å². The highest BCUT2D eigenvalue weighted by atomic mass is 32.2. The number of aliphatic carboxylic acids is 1. The van der Waals surface area contributed by atoms with Gasteiger partial charge in [-0.05, 0) is 23.6 Å². The van der Waals surface area contributed by atoms with Crippen LogP contribution in [0.4, 0.5) is 0 Å². The Labute approximate surface area is 192 Å². The van der Waals surface area contributed by atoms with Gasteiger partial charge in [-0.2, -0.15) is 4.57 Å². The maximum absolute atomic E-state index is 12.8. The number of carboxylic acids is 1. The number of hydrogen-bond acceptors (Lipinski definition) is 6. The van der Waals surface area contributed by atoms with E-state index >= 15 is 0 Å². The molecule has 2 atom stereocenters. The lowest BCUT2D eigenvalue weighted by Gasteiger charge is -2.50. The van der Waals surface area contributed by atoms with Crippen molar-refractivity contribution in [3.05, 3.63) is 76.3 Å². The Kier molecular flexibility index (Phi) is 5.44. The summed E-state index contributed by atoms with van der Waals surface area (Å²) in [6.45, 7) is 0.337. The van der Waals surface area contributed by atoms with E-state index in [0.717, 1.165) is 15.8 Å². The summed E-state index contributed by atoms with van der Waals surface area (Å²) in [4.78, 5) is 39.4. The van der Waals surface area contributed by atoms with Crippen molar-refractivity contribution < 1.29 is 24.1 Å². The summed E-state index contributed by atoms with van der Waals surface area (Å²) in [6, 6.07) is 14.8. The Balaban J connectivity index is 1.37. The number of carbonyl (C=O) groups excluding carboxylic acids is 3. The SMILES string of the molecule is O=C(Cc1cccs1)NC1C(=O)N2C(C(=O)[O-])=C(C[n+]3cccc4ccccc43)CS[C@@H]12. The average Bonchev–Trinajstić information content (AvgIpc) is 3.30. The number of thioether (sulfide) groups is 1. The van der Waals surface area contributed by atoms with Gasteiger partial charge in [-0.25, -0.2) is 0 Å². The topological polar surface area (TPSA) is 93.4 Å². The number of carbonyl (C=O) groups is 3. The fourth-order valence-corrected chi connectivity index (χ4v) is 6.19. The quantitative estimate of drug-likeness (QED) is 0.430. The van der Waals surface area contributed by atoms with Crippen molar-refractivity contribution in [2.75, 3.05) is 5.75 Å². The normalized spacial score (nSPS) is 20.1. The third kappa shape index (κ3) is 3.67. The molecule has 5 rings (SSSR count). The molecule has 32 heavy (non-hydrogen) atoms. The number of aromatic nitrogens is 1. The van der Waals surface area contributed by atoms with E-state index in [4.69, 9.17) is 0 Å². The van der Waals surface area contributed by atoms with E-state index in [0.29, 0.717) is 17.9 Å². The standard InChI is InChI=1S/C23H19N3O4S2/c27-18(11-16-7-4-10-31-16)24-19-21(28)26-20(23(29)30)15(13-32-22(19)26)12-25-9-3-6-14-5-1-2-8-17(14)25/h1-10,19,22H,11-13H2,(H-,24,27,29,30)/t19?,22-/m0/s1. The van der Waals surface area contributed by atoms with E-state index in [1.165, 1.54) is 28.0 Å². The molecular formula is C23H19N3O4S2. The van der Waals surface area contributed by atoms with Crippen molar-refractivity contribution in [1.29, 1.82) is 0 Å². The number of nitrogens with zero attached hydrogens (tertiary/aromatic N) is 2. The summed E-state index contributed by atoms with van der Waals surface area (Å²) >= 11 is 2.94. The van der Waals surface area contributed by atoms with E-state index in [1.54, 1.807) is 0 Å². The first-order valence-electron chi connectivity index (χ1n) is 10.1. The molecule has 0 aliphatic carbocycles. The highest BCUT2D eigenvalue weighted by molar-refractivity contribution is 8.00. The highest BCUT2D eigenvalue weighted by Crippen LogP contribution is 2.40. The molecule has 0 bridgehead atoms. The number of amides is 2. The molecule has 2 aliphatic rings. The van der Waals surface area contributed by atoms with Crippen LogP contribution in [0.1, 0.15) is 4.88 Å². The van der Waals surface area contributed by atoms with Crippen LogP contribution in [0.2, 0.25) is 0 Å². The van der Waals surface area contributed by atoms with E-state index in [-0.39, 0.29) is 18.0 Å². The second-order valence-electron chi connectivity index (χ2n) is 7.65. The van der Waals surface area contributed by atoms with Gasteiger partial charge >= 0.3 is 0 Å². The minimum Gasteiger partial charge on any atom is -0.543 e. The number of pyridine rings is 1. The maximum Gasteiger partial charge on any atom is 0.253 e. The van der Waals surface area contributed by atoms with Crippen LogP contribution in [0.3, 0.4) is 0 Å². The molecule has 1 unspecified atom stereocenters. The van der Waals surface area contributed by atoms with Crippen LogP contribution >= 0.6 is 23.1 Å². The second kappa shape index (κ2) is 8.40. The number of carboxylic acid groups (broad SMARTS) is 1. The highest BCUT2D eigenvalue weighted by Gasteiger charge is 2.53. The largest absolute Gasteiger partial charge is 0.543 e. The minimum absolute atomic E-state index is 0.0806. The van der Waals surface area contributed by atoms with E-state index in [2.05, 4.69) is 5.32 Å². The number of hydrogen-bond donors (Lipinski definition) is 1. The Hall–Kier alpha value is -3.17. The lowest BCUT2D eigenvalue weighted by atomic mass is 10.0. The van der Waals surface area contributed by atoms with Crippen LogP contribution in [0.5, 0.6) is 0 Å². The van der Waals surface area contributed by atoms with E-state index in [9.17, 15) is 19.5 Å². The fraction of sp³-hybridized carbons (Fsp3) is 0.217. The smallest absolute Gasteiger partial charge is 0.253 e. The molecule has 0 saturated carbocycles. The van der Waals surface area contributed by atoms with Crippen molar-refractivity contribution in [2.24, 2.45) is 0 Å². The monoisotopic (exact) mass is 465 g/mol. The first kappa shape index (κ1) is 20.7. The fourth-order valence-electron chi connectivity index (χ4n) is 4.15. The van der Waals surface area contributed by atoms with Crippen molar-refractivity contribution in [1.82, 2.24) is 10.2 Å². The van der Waals surface area contributed by atoms with Crippen LogP contribution in [-0.2, 0) is 27.3 Å². The first-order valence-corrected chi connectivity index (χ1v) is 12.0. The molecule has 1 fully saturated rings. The Bertz CT molecular complexity index is 1250. The summed E-state index contributed by atoms with van der Waals surface area (Å²) in [6.07, 6.45) is 2.09. The molecule has 2 amide bonds. The second-order valence-corrected chi connectivity index (χ2v) is 9.78. The lowest BCUT2D eigenvalue weighted by Crippen LogP contribution is -2.71. The van der Waals surface area contributed by atoms with E-state index < -0.39 is 23.3 Å². The lowest BCUT2D eigenvalue weighted by molar-refractivity contribution is -0.663. The molecule has 162 valence electrons. The molecule has 3 aromatic rings. The van der Waals surface area contributed by atoms with Gasteiger partial charge in [0.05, 0.1) is 18.1 Å². The van der Waals surface area contributed by atoms with Crippen molar-refractivity contribution in [2.45, 2.75) is 24.4 Å². The third-order valence-electron chi connectivity index (χ3n) is 5.62. The number of benzene rings is 1. The van der Waals surface area contributed by atoms with Crippen molar-refractivity contribution in [3.63, 3.8) is 0 Å². The summed E-state index contributed by atoms with van der Waals surface area (Å²) in [7, 11) is 0. The minimum atomic E-state index is -1.37. The Morgan fingerprint density at radius 3 is 2.75 bits per heavy atom. The van der Waals surface area contributed by atoms with Gasteiger partial charge in [0, 0.05) is 33.7 Å². The number of nitrogens with one attached hydrogen (secondary N) is 1. The predicted octanol–water partition coefficient (Wildman–Crippen LogP) is 0.835. The zero-order chi connectivity index (χ0) is 22.2. The average molecular weight is 466 g/mol. The summed E-state index contributed by atoms with van der Waals surface area (Å²) < 4.78 is 1.97. The van der Waals surface area contributed by atoms with Gasteiger partial charge in [0.15, 0.2) is 12.7 Å². The third-order valence-corrected chi connectivity index (χ3v) is 7.84. The van der Waals surface area contributed by atoms with Gasteiger partial charge in [-0.1, -0.05) is 18.2 Å². The number of fused-ring (bicyclic) bond motifs is 2. The van der Waals surface area contributed by atoms with Crippen LogP contribution in [0, 0.1) is 0 Å². The number of β-lactam (4-membered cyclic amide) rings is 1. The summed E-state index contributed by atoms with van der Waals surface area (Å²) in [5.74, 6) is -1.60. The van der Waals surface area contributed by atoms with Gasteiger partial charge < -0.3 is 15.2 Å². The molecule has 4 heterocycles. The number of rotatable bonds is 6. The molecule has 2 aliphatic heterocycles. The number of para-hydroxylation sites is 1. The maximum atomic E-state index is 12.8. The zero-order valence-corrected chi connectivity index (χ0v) is 18.5. The van der Waals surface area contributed by atoms with E-state index in [1.807, 2.05) is 64.7 Å². The van der Waals surface area contributed by atoms with Gasteiger partial charge in [-0.3, -0.25) is 14.5 Å². The van der Waals surface area contributed by atoms with Gasteiger partial charge in [-0.15, -0.1) is 23.1 Å². The molecule has 2 aromatic heterocycles. The molecule has 1 saturated heterocycles. The van der Waals surface area contributed by atoms with Crippen molar-refractivity contribution >= 4 is 51.8 Å². The zero-order valence-electron chi connectivity index (χ0n) is 16.9. The van der Waals surface area contributed by atoms with Crippen LogP contribution in [0.15, 0.2) is 71.4 Å². The molecule has 1 aromatic carbocycles. The first-order chi connectivity index (χ1) is 15.5. The molecule has 0 spiro atoms. The summed E-state index contributed by atoms with van der Waals surface area (Å²) in [5, 5.41) is 17.3. The molecule has 1 N–H and O–H groups in total. The van der Waals surface area contributed by atoms with Gasteiger partial charge in [0.2, 0.25) is 11.4 Å². The van der Waals surface area contributed by atoms with Crippen LogP contribution < -0.4 is 15.0 Å². The molecular weight excluding hydrogens is 446 g/mol. The molecule has 0 radical (unpaired) electrons. The summed E-state index contributed by atoms with van der Waals surface area (Å²) in [5.41, 5.74) is 1.51. The van der Waals surface area contributed by atoms with Gasteiger partial charge in [0.1, 0.15) is 11.4 Å². The van der Waals surface area contributed by atoms with Gasteiger partial charge in [0.25, 0.3) is 5.91 Å². The van der Waals surface area contributed by atoms with Crippen molar-refractivity contribution in [3.8, 4) is 0 Å². The molecule has 9 heteroatoms. The Morgan fingerprint density at radius 2 is 1.97 bits per heavy atom. The predicted molar refractivity (Wildman–Crippen MR) is 119 cm³/mol. The molecule has 7 nitrogen and oxygen atoms in total. The number of thiophene rings is 1.